The summed E-state index contributed by atoms with van der Waals surface area (Å²) in [6.07, 6.45) is 0.383. The Bertz CT molecular complexity index is 920. The lowest BCUT2D eigenvalue weighted by Crippen LogP contribution is -3.07. The van der Waals surface area contributed by atoms with Gasteiger partial charge in [0.15, 0.2) is 0 Å². The Morgan fingerprint density at radius 3 is 2.13 bits per heavy atom. The molecule has 0 aliphatic carbocycles. The molecule has 30 heavy (non-hydrogen) atoms. The number of amides is 1. The van der Waals surface area contributed by atoms with Gasteiger partial charge in [-0.05, 0) is 47.9 Å². The molecule has 156 valence electrons. The molecule has 0 heterocycles. The molecule has 0 radical (unpaired) electrons. The number of ether oxygens (including phenoxy) is 1. The van der Waals surface area contributed by atoms with Gasteiger partial charge in [0.1, 0.15) is 11.8 Å². The molecule has 0 fully saturated rings. The zero-order valence-electron chi connectivity index (χ0n) is 18.0. The van der Waals surface area contributed by atoms with E-state index >= 15 is 0 Å². The van der Waals surface area contributed by atoms with E-state index in [1.54, 1.807) is 0 Å². The molecule has 0 saturated carbocycles. The quantitative estimate of drug-likeness (QED) is 0.576. The van der Waals surface area contributed by atoms with Crippen LogP contribution in [0.15, 0.2) is 78.9 Å². The molecular formula is C26H31N2O2+. The highest BCUT2D eigenvalue weighted by molar-refractivity contribution is 5.79. The summed E-state index contributed by atoms with van der Waals surface area (Å²) >= 11 is 0. The predicted molar refractivity (Wildman–Crippen MR) is 122 cm³/mol. The number of carbonyl (C=O) groups excluding carboxylic acids is 1. The Morgan fingerprint density at radius 1 is 0.900 bits per heavy atom. The van der Waals surface area contributed by atoms with Gasteiger partial charge in [-0.15, -0.1) is 0 Å². The first kappa shape index (κ1) is 21.6. The first-order valence-corrected chi connectivity index (χ1v) is 10.5. The number of quaternary nitrogens is 1. The average molecular weight is 404 g/mol. The second-order valence-corrected chi connectivity index (χ2v) is 7.68. The molecule has 2 N–H and O–H groups in total. The predicted octanol–water partition coefficient (Wildman–Crippen LogP) is 3.30. The maximum atomic E-state index is 12.5. The van der Waals surface area contributed by atoms with Crippen molar-refractivity contribution in [1.29, 1.82) is 0 Å². The molecule has 0 aliphatic rings. The number of benzene rings is 3. The Balaban J connectivity index is 1.56. The van der Waals surface area contributed by atoms with Crippen LogP contribution < -0.4 is 15.0 Å². The molecular weight excluding hydrogens is 372 g/mol. The highest BCUT2D eigenvalue weighted by Crippen LogP contribution is 2.19. The molecule has 0 aromatic heterocycles. The van der Waals surface area contributed by atoms with E-state index in [-0.39, 0.29) is 11.9 Å². The van der Waals surface area contributed by atoms with Gasteiger partial charge in [0.05, 0.1) is 33.7 Å². The summed E-state index contributed by atoms with van der Waals surface area (Å²) in [7, 11) is 4.21. The molecule has 0 spiro atoms. The number of hydrogen-bond donors (Lipinski definition) is 2. The van der Waals surface area contributed by atoms with Gasteiger partial charge in [-0.25, -0.2) is 0 Å². The number of carbonyl (C=O) groups is 1. The third-order valence-electron chi connectivity index (χ3n) is 5.22. The Morgan fingerprint density at radius 2 is 1.53 bits per heavy atom. The minimum atomic E-state index is 0.0413. The van der Waals surface area contributed by atoms with Crippen LogP contribution in [0, 0.1) is 0 Å². The van der Waals surface area contributed by atoms with Crippen LogP contribution in [0.5, 0.6) is 5.75 Å². The van der Waals surface area contributed by atoms with E-state index < -0.39 is 0 Å². The van der Waals surface area contributed by atoms with E-state index in [0.717, 1.165) is 16.9 Å². The molecule has 0 saturated heterocycles. The first-order chi connectivity index (χ1) is 14.6. The molecule has 1 atom stereocenters. The topological polar surface area (TPSA) is 42.8 Å². The van der Waals surface area contributed by atoms with Crippen LogP contribution in [0.1, 0.15) is 24.1 Å². The fourth-order valence-electron chi connectivity index (χ4n) is 3.53. The van der Waals surface area contributed by atoms with Crippen molar-refractivity contribution >= 4 is 5.91 Å². The molecule has 3 aromatic carbocycles. The van der Waals surface area contributed by atoms with Crippen LogP contribution in [0.25, 0.3) is 11.1 Å². The lowest BCUT2D eigenvalue weighted by Gasteiger charge is -2.22. The van der Waals surface area contributed by atoms with Gasteiger partial charge in [-0.3, -0.25) is 4.79 Å². The maximum Gasteiger partial charge on any atom is 0.224 e. The number of nitrogens with one attached hydrogen (secondary N) is 2. The third kappa shape index (κ3) is 5.94. The number of likely N-dealkylation sites (N-methyl/N-ethyl adjacent to an activating group) is 1. The molecule has 0 aliphatic heterocycles. The SMILES string of the molecule is CCOc1ccc([C@@H](CNC(=O)Cc2ccc(-c3ccccc3)cc2)[NH+](C)C)cc1. The van der Waals surface area contributed by atoms with Crippen molar-refractivity contribution in [2.75, 3.05) is 27.2 Å². The lowest BCUT2D eigenvalue weighted by molar-refractivity contribution is -0.890. The van der Waals surface area contributed by atoms with Crippen LogP contribution >= 0.6 is 0 Å². The Kier molecular flexibility index (Phi) is 7.63. The van der Waals surface area contributed by atoms with Crippen molar-refractivity contribution in [2.45, 2.75) is 19.4 Å². The minimum Gasteiger partial charge on any atom is -0.494 e. The summed E-state index contributed by atoms with van der Waals surface area (Å²) in [5.41, 5.74) is 4.54. The second kappa shape index (κ2) is 10.6. The summed E-state index contributed by atoms with van der Waals surface area (Å²) in [4.78, 5) is 13.8. The van der Waals surface area contributed by atoms with E-state index in [9.17, 15) is 4.79 Å². The Hall–Kier alpha value is -3.11. The van der Waals surface area contributed by atoms with Crippen molar-refractivity contribution in [1.82, 2.24) is 5.32 Å². The molecule has 1 amide bonds. The monoisotopic (exact) mass is 403 g/mol. The van der Waals surface area contributed by atoms with Crippen LogP contribution in [0.2, 0.25) is 0 Å². The number of hydrogen-bond acceptors (Lipinski definition) is 2. The maximum absolute atomic E-state index is 12.5. The summed E-state index contributed by atoms with van der Waals surface area (Å²) in [5, 5.41) is 3.11. The Labute approximate surface area is 179 Å². The fraction of sp³-hybridized carbons (Fsp3) is 0.269. The fourth-order valence-corrected chi connectivity index (χ4v) is 3.53. The standard InChI is InChI=1S/C26H30N2O2/c1-4-30-24-16-14-23(15-17-24)25(28(2)3)19-27-26(29)18-20-10-12-22(13-11-20)21-8-6-5-7-9-21/h5-17,25H,4,18-19H2,1-3H3,(H,27,29)/p+1/t25-/m1/s1. The summed E-state index contributed by atoms with van der Waals surface area (Å²) in [5.74, 6) is 0.913. The summed E-state index contributed by atoms with van der Waals surface area (Å²) < 4.78 is 5.53. The minimum absolute atomic E-state index is 0.0413. The van der Waals surface area contributed by atoms with Gasteiger partial charge in [-0.1, -0.05) is 54.6 Å². The van der Waals surface area contributed by atoms with Crippen molar-refractivity contribution in [3.05, 3.63) is 90.0 Å². The average Bonchev–Trinajstić information content (AvgIpc) is 2.76. The van der Waals surface area contributed by atoms with Crippen molar-refractivity contribution in [3.8, 4) is 16.9 Å². The van der Waals surface area contributed by atoms with Gasteiger partial charge < -0.3 is 15.0 Å². The van der Waals surface area contributed by atoms with Crippen molar-refractivity contribution < 1.29 is 14.4 Å². The van der Waals surface area contributed by atoms with E-state index in [2.05, 4.69) is 55.8 Å². The molecule has 0 unspecified atom stereocenters. The first-order valence-electron chi connectivity index (χ1n) is 10.5. The van der Waals surface area contributed by atoms with E-state index in [1.165, 1.54) is 16.0 Å². The molecule has 4 nitrogen and oxygen atoms in total. The number of rotatable bonds is 9. The van der Waals surface area contributed by atoms with Gasteiger partial charge in [-0.2, -0.15) is 0 Å². The van der Waals surface area contributed by atoms with Crippen LogP contribution in [0.4, 0.5) is 0 Å². The zero-order chi connectivity index (χ0) is 21.3. The van der Waals surface area contributed by atoms with E-state index in [4.69, 9.17) is 4.74 Å². The molecule has 3 aromatic rings. The van der Waals surface area contributed by atoms with E-state index in [1.807, 2.05) is 49.4 Å². The summed E-state index contributed by atoms with van der Waals surface area (Å²) in [6, 6.07) is 26.8. The van der Waals surface area contributed by atoms with Crippen molar-refractivity contribution in [2.24, 2.45) is 0 Å². The zero-order valence-corrected chi connectivity index (χ0v) is 18.0. The summed E-state index contributed by atoms with van der Waals surface area (Å²) in [6.45, 7) is 3.23. The van der Waals surface area contributed by atoms with Crippen LogP contribution in [-0.2, 0) is 11.2 Å². The highest BCUT2D eigenvalue weighted by atomic mass is 16.5. The largest absolute Gasteiger partial charge is 0.494 e. The normalized spacial score (nSPS) is 11.9. The molecule has 3 rings (SSSR count). The van der Waals surface area contributed by atoms with Gasteiger partial charge in [0.25, 0.3) is 0 Å². The lowest BCUT2D eigenvalue weighted by atomic mass is 10.0. The second-order valence-electron chi connectivity index (χ2n) is 7.68. The van der Waals surface area contributed by atoms with Crippen LogP contribution in [-0.4, -0.2) is 33.2 Å². The molecule has 4 heteroatoms. The van der Waals surface area contributed by atoms with E-state index in [0.29, 0.717) is 19.6 Å². The third-order valence-corrected chi connectivity index (χ3v) is 5.22. The van der Waals surface area contributed by atoms with Gasteiger partial charge in [0.2, 0.25) is 5.91 Å². The highest BCUT2D eigenvalue weighted by Gasteiger charge is 2.19. The van der Waals surface area contributed by atoms with Crippen molar-refractivity contribution in [3.63, 3.8) is 0 Å². The smallest absolute Gasteiger partial charge is 0.224 e. The van der Waals surface area contributed by atoms with Gasteiger partial charge >= 0.3 is 0 Å². The molecule has 0 bridgehead atoms. The van der Waals surface area contributed by atoms with Crippen LogP contribution in [0.3, 0.4) is 0 Å². The van der Waals surface area contributed by atoms with Gasteiger partial charge in [0, 0.05) is 5.56 Å².